The van der Waals surface area contributed by atoms with Gasteiger partial charge in [0.05, 0.1) is 11.2 Å². The lowest BCUT2D eigenvalue weighted by Crippen LogP contribution is -2.10. The third-order valence-corrected chi connectivity index (χ3v) is 3.79. The lowest BCUT2D eigenvalue weighted by Gasteiger charge is -2.13. The summed E-state index contributed by atoms with van der Waals surface area (Å²) in [6, 6.07) is 18.2. The van der Waals surface area contributed by atoms with Gasteiger partial charge in [-0.25, -0.2) is 0 Å². The zero-order valence-corrected chi connectivity index (χ0v) is 13.4. The molecule has 0 bridgehead atoms. The average Bonchev–Trinajstić information content (AvgIpc) is 2.86. The summed E-state index contributed by atoms with van der Waals surface area (Å²) in [6.45, 7) is 4.20. The Morgan fingerprint density at radius 2 is 1.77 bits per heavy atom. The van der Waals surface area contributed by atoms with Crippen molar-refractivity contribution in [2.45, 2.75) is 12.5 Å². The molecule has 114 valence electrons. The smallest absolute Gasteiger partial charge is 0.0956 e. The standard InChI is InChI=1S/C18H19N3.ClH/c1-13(12-16(19)14-8-4-3-5-9-14)18-15-10-6-7-11-17(15)21(2)20-18;/h3-11,16H,1,12,19H2,2H3;1H. The Balaban J connectivity index is 0.00000176. The van der Waals surface area contributed by atoms with E-state index < -0.39 is 0 Å². The first-order chi connectivity index (χ1) is 10.2. The molecule has 0 saturated carbocycles. The minimum atomic E-state index is -0.0560. The fraction of sp³-hybridized carbons (Fsp3) is 0.167. The van der Waals surface area contributed by atoms with E-state index in [0.717, 1.165) is 27.7 Å². The number of nitrogens with zero attached hydrogens (tertiary/aromatic N) is 2. The number of hydrogen-bond acceptors (Lipinski definition) is 2. The highest BCUT2D eigenvalue weighted by molar-refractivity contribution is 5.90. The Bertz CT molecular complexity index is 777. The van der Waals surface area contributed by atoms with Crippen molar-refractivity contribution in [3.63, 3.8) is 0 Å². The maximum atomic E-state index is 6.29. The first kappa shape index (κ1) is 16.3. The predicted molar refractivity (Wildman–Crippen MR) is 95.0 cm³/mol. The number of rotatable bonds is 4. The summed E-state index contributed by atoms with van der Waals surface area (Å²) < 4.78 is 1.89. The van der Waals surface area contributed by atoms with Crippen LogP contribution in [0.3, 0.4) is 0 Å². The summed E-state index contributed by atoms with van der Waals surface area (Å²) in [7, 11) is 1.95. The van der Waals surface area contributed by atoms with Crippen LogP contribution in [0.15, 0.2) is 61.2 Å². The maximum absolute atomic E-state index is 6.29. The van der Waals surface area contributed by atoms with Gasteiger partial charge in [0.2, 0.25) is 0 Å². The molecule has 1 aromatic heterocycles. The highest BCUT2D eigenvalue weighted by Gasteiger charge is 2.14. The van der Waals surface area contributed by atoms with E-state index in [-0.39, 0.29) is 18.4 Å². The summed E-state index contributed by atoms with van der Waals surface area (Å²) >= 11 is 0. The van der Waals surface area contributed by atoms with E-state index in [1.165, 1.54) is 0 Å². The highest BCUT2D eigenvalue weighted by atomic mass is 35.5. The molecular formula is C18H20ClN3. The molecule has 0 radical (unpaired) electrons. The molecule has 4 heteroatoms. The van der Waals surface area contributed by atoms with Crippen LogP contribution in [0.4, 0.5) is 0 Å². The van der Waals surface area contributed by atoms with Gasteiger partial charge in [0, 0.05) is 18.5 Å². The van der Waals surface area contributed by atoms with E-state index >= 15 is 0 Å². The quantitative estimate of drug-likeness (QED) is 0.788. The molecule has 0 amide bonds. The number of para-hydroxylation sites is 1. The van der Waals surface area contributed by atoms with Crippen molar-refractivity contribution in [2.75, 3.05) is 0 Å². The zero-order valence-electron chi connectivity index (χ0n) is 12.6. The molecule has 0 saturated heterocycles. The number of nitrogens with two attached hydrogens (primary N) is 1. The molecule has 1 unspecified atom stereocenters. The van der Waals surface area contributed by atoms with Gasteiger partial charge >= 0.3 is 0 Å². The zero-order chi connectivity index (χ0) is 14.8. The molecular weight excluding hydrogens is 294 g/mol. The van der Waals surface area contributed by atoms with E-state index in [1.54, 1.807) is 0 Å². The van der Waals surface area contributed by atoms with Crippen LogP contribution < -0.4 is 5.73 Å². The summed E-state index contributed by atoms with van der Waals surface area (Å²) in [5.74, 6) is 0. The number of hydrogen-bond donors (Lipinski definition) is 1. The molecule has 3 rings (SSSR count). The first-order valence-electron chi connectivity index (χ1n) is 7.07. The molecule has 1 atom stereocenters. The van der Waals surface area contributed by atoms with Crippen molar-refractivity contribution in [2.24, 2.45) is 12.8 Å². The van der Waals surface area contributed by atoms with Crippen molar-refractivity contribution in [3.8, 4) is 0 Å². The number of aromatic nitrogens is 2. The third-order valence-electron chi connectivity index (χ3n) is 3.79. The number of aryl methyl sites for hydroxylation is 1. The predicted octanol–water partition coefficient (Wildman–Crippen LogP) is 4.10. The molecule has 0 aliphatic carbocycles. The molecule has 2 aromatic carbocycles. The van der Waals surface area contributed by atoms with Crippen LogP contribution in [0.1, 0.15) is 23.7 Å². The Morgan fingerprint density at radius 3 is 2.50 bits per heavy atom. The summed E-state index contributed by atoms with van der Waals surface area (Å²) in [5.41, 5.74) is 10.4. The molecule has 1 heterocycles. The average molecular weight is 314 g/mol. The van der Waals surface area contributed by atoms with Gasteiger partial charge < -0.3 is 5.73 Å². The van der Waals surface area contributed by atoms with E-state index in [2.05, 4.69) is 35.9 Å². The van der Waals surface area contributed by atoms with Crippen molar-refractivity contribution < 1.29 is 0 Å². The van der Waals surface area contributed by atoms with Crippen molar-refractivity contribution in [3.05, 3.63) is 72.4 Å². The largest absolute Gasteiger partial charge is 0.324 e. The van der Waals surface area contributed by atoms with Crippen molar-refractivity contribution in [1.29, 1.82) is 0 Å². The van der Waals surface area contributed by atoms with E-state index in [1.807, 2.05) is 42.1 Å². The number of benzene rings is 2. The van der Waals surface area contributed by atoms with Crippen LogP contribution in [0.25, 0.3) is 16.5 Å². The number of halogens is 1. The van der Waals surface area contributed by atoms with Crippen molar-refractivity contribution in [1.82, 2.24) is 9.78 Å². The summed E-state index contributed by atoms with van der Waals surface area (Å²) in [4.78, 5) is 0. The summed E-state index contributed by atoms with van der Waals surface area (Å²) in [5, 5.41) is 5.73. The molecule has 0 fully saturated rings. The second-order valence-corrected chi connectivity index (χ2v) is 5.31. The third kappa shape index (κ3) is 3.06. The van der Waals surface area contributed by atoms with E-state index in [9.17, 15) is 0 Å². The van der Waals surface area contributed by atoms with Gasteiger partial charge in [-0.15, -0.1) is 12.4 Å². The second-order valence-electron chi connectivity index (χ2n) is 5.31. The van der Waals surface area contributed by atoms with Crippen LogP contribution in [-0.2, 0) is 7.05 Å². The van der Waals surface area contributed by atoms with Gasteiger partial charge in [0.25, 0.3) is 0 Å². The molecule has 3 aromatic rings. The summed E-state index contributed by atoms with van der Waals surface area (Å²) in [6.07, 6.45) is 0.699. The minimum absolute atomic E-state index is 0. The SMILES string of the molecule is C=C(CC(N)c1ccccc1)c1nn(C)c2ccccc12.Cl. The highest BCUT2D eigenvalue weighted by Crippen LogP contribution is 2.28. The van der Waals surface area contributed by atoms with Crippen LogP contribution in [0, 0.1) is 0 Å². The lowest BCUT2D eigenvalue weighted by atomic mass is 9.97. The van der Waals surface area contributed by atoms with Gasteiger partial charge in [0.1, 0.15) is 0 Å². The first-order valence-corrected chi connectivity index (χ1v) is 7.07. The molecule has 0 spiro atoms. The van der Waals surface area contributed by atoms with Crippen LogP contribution >= 0.6 is 12.4 Å². The van der Waals surface area contributed by atoms with Crippen LogP contribution in [-0.4, -0.2) is 9.78 Å². The Kier molecular flexibility index (Phi) is 5.01. The molecule has 0 aliphatic heterocycles. The Hall–Kier alpha value is -2.10. The van der Waals surface area contributed by atoms with Gasteiger partial charge in [-0.1, -0.05) is 55.1 Å². The molecule has 3 nitrogen and oxygen atoms in total. The van der Waals surface area contributed by atoms with Crippen LogP contribution in [0.5, 0.6) is 0 Å². The van der Waals surface area contributed by atoms with Crippen molar-refractivity contribution >= 4 is 28.9 Å². The minimum Gasteiger partial charge on any atom is -0.324 e. The van der Waals surface area contributed by atoms with Gasteiger partial charge in [-0.2, -0.15) is 5.10 Å². The topological polar surface area (TPSA) is 43.8 Å². The van der Waals surface area contributed by atoms with Crippen LogP contribution in [0.2, 0.25) is 0 Å². The Labute approximate surface area is 136 Å². The molecule has 0 aliphatic rings. The Morgan fingerprint density at radius 1 is 1.14 bits per heavy atom. The van der Waals surface area contributed by atoms with Gasteiger partial charge in [-0.3, -0.25) is 4.68 Å². The van der Waals surface area contributed by atoms with Gasteiger partial charge in [0.15, 0.2) is 0 Å². The molecule has 2 N–H and O–H groups in total. The second kappa shape index (κ2) is 6.77. The fourth-order valence-electron chi connectivity index (χ4n) is 2.66. The maximum Gasteiger partial charge on any atom is 0.0956 e. The monoisotopic (exact) mass is 313 g/mol. The number of fused-ring (bicyclic) bond motifs is 1. The normalized spacial score (nSPS) is 11.9. The van der Waals surface area contributed by atoms with E-state index in [4.69, 9.17) is 5.73 Å². The fourth-order valence-corrected chi connectivity index (χ4v) is 2.66. The lowest BCUT2D eigenvalue weighted by molar-refractivity contribution is 0.742. The van der Waals surface area contributed by atoms with E-state index in [0.29, 0.717) is 6.42 Å². The van der Waals surface area contributed by atoms with Gasteiger partial charge in [-0.05, 0) is 23.6 Å². The molecule has 22 heavy (non-hydrogen) atoms.